The second-order valence-electron chi connectivity index (χ2n) is 9.74. The summed E-state index contributed by atoms with van der Waals surface area (Å²) in [5.74, 6) is 0.911. The van der Waals surface area contributed by atoms with Gasteiger partial charge in [-0.15, -0.1) is 0 Å². The molecule has 4 aromatic rings. The third kappa shape index (κ3) is 7.63. The number of nitrogens with zero attached hydrogens (tertiary/aromatic N) is 4. The van der Waals surface area contributed by atoms with E-state index in [1.54, 1.807) is 30.5 Å². The molecule has 41 heavy (non-hydrogen) atoms. The van der Waals surface area contributed by atoms with Crippen molar-refractivity contribution in [1.29, 1.82) is 5.26 Å². The molecular formula is C31H33ClN6O3. The summed E-state index contributed by atoms with van der Waals surface area (Å²) in [6, 6.07) is 14.9. The number of aryl methyl sites for hydroxylation is 1. The van der Waals surface area contributed by atoms with Gasteiger partial charge in [-0.3, -0.25) is 14.8 Å². The summed E-state index contributed by atoms with van der Waals surface area (Å²) in [6.07, 6.45) is 4.33. The number of nitrogens with one attached hydrogen (secondary N) is 2. The van der Waals surface area contributed by atoms with E-state index in [2.05, 4.69) is 26.7 Å². The largest absolute Gasteiger partial charge is 0.492 e. The van der Waals surface area contributed by atoms with E-state index >= 15 is 0 Å². The van der Waals surface area contributed by atoms with Crippen LogP contribution in [-0.2, 0) is 11.4 Å². The third-order valence-electron chi connectivity index (χ3n) is 6.36. The Balaban J connectivity index is 1.62. The van der Waals surface area contributed by atoms with Crippen molar-refractivity contribution in [3.05, 3.63) is 76.7 Å². The Morgan fingerprint density at radius 1 is 1.12 bits per heavy atom. The van der Waals surface area contributed by atoms with Crippen LogP contribution in [0.5, 0.6) is 11.5 Å². The van der Waals surface area contributed by atoms with Gasteiger partial charge in [0.2, 0.25) is 5.91 Å². The van der Waals surface area contributed by atoms with Crippen LogP contribution in [-0.4, -0.2) is 48.0 Å². The lowest BCUT2D eigenvalue weighted by Gasteiger charge is -2.17. The molecule has 212 valence electrons. The van der Waals surface area contributed by atoms with Gasteiger partial charge in [-0.05, 0) is 76.8 Å². The molecule has 0 bridgehead atoms. The van der Waals surface area contributed by atoms with Crippen molar-refractivity contribution in [2.45, 2.75) is 33.3 Å². The van der Waals surface area contributed by atoms with Crippen molar-refractivity contribution >= 4 is 45.5 Å². The second kappa shape index (κ2) is 13.8. The van der Waals surface area contributed by atoms with Crippen molar-refractivity contribution in [2.24, 2.45) is 0 Å². The quantitative estimate of drug-likeness (QED) is 0.199. The van der Waals surface area contributed by atoms with Crippen molar-refractivity contribution in [2.75, 3.05) is 37.9 Å². The van der Waals surface area contributed by atoms with Gasteiger partial charge in [0, 0.05) is 36.0 Å². The third-order valence-corrected chi connectivity index (χ3v) is 6.65. The summed E-state index contributed by atoms with van der Waals surface area (Å²) in [4.78, 5) is 23.6. The fraction of sp³-hybridized carbons (Fsp3) is 0.290. The van der Waals surface area contributed by atoms with Gasteiger partial charge in [0.15, 0.2) is 0 Å². The Morgan fingerprint density at radius 2 is 1.95 bits per heavy atom. The van der Waals surface area contributed by atoms with Crippen LogP contribution >= 0.6 is 11.6 Å². The second-order valence-corrected chi connectivity index (χ2v) is 10.1. The lowest BCUT2D eigenvalue weighted by atomic mass is 10.1. The number of aromatic nitrogens is 2. The van der Waals surface area contributed by atoms with E-state index in [4.69, 9.17) is 21.1 Å². The van der Waals surface area contributed by atoms with Crippen molar-refractivity contribution in [3.8, 4) is 17.6 Å². The monoisotopic (exact) mass is 572 g/mol. The van der Waals surface area contributed by atoms with Crippen molar-refractivity contribution in [1.82, 2.24) is 14.9 Å². The first kappa shape index (κ1) is 29.6. The zero-order valence-corrected chi connectivity index (χ0v) is 24.4. The lowest BCUT2D eigenvalue weighted by molar-refractivity contribution is -0.116. The van der Waals surface area contributed by atoms with Gasteiger partial charge in [0.25, 0.3) is 0 Å². The van der Waals surface area contributed by atoms with E-state index in [9.17, 15) is 10.1 Å². The molecule has 0 saturated heterocycles. The van der Waals surface area contributed by atoms with E-state index in [1.165, 1.54) is 6.20 Å². The first-order valence-corrected chi connectivity index (χ1v) is 13.7. The van der Waals surface area contributed by atoms with Gasteiger partial charge in [-0.25, -0.2) is 0 Å². The Morgan fingerprint density at radius 3 is 2.66 bits per heavy atom. The highest BCUT2D eigenvalue weighted by Gasteiger charge is 2.16. The Hall–Kier alpha value is -4.39. The van der Waals surface area contributed by atoms with Gasteiger partial charge in [-0.2, -0.15) is 5.26 Å². The average Bonchev–Trinajstić information content (AvgIpc) is 2.94. The van der Waals surface area contributed by atoms with Crippen molar-refractivity contribution < 1.29 is 14.3 Å². The minimum atomic E-state index is -0.116. The summed E-state index contributed by atoms with van der Waals surface area (Å²) >= 11 is 6.56. The van der Waals surface area contributed by atoms with E-state index in [0.717, 1.165) is 24.2 Å². The number of ether oxygens (including phenoxy) is 2. The number of hydrogen-bond acceptors (Lipinski definition) is 8. The van der Waals surface area contributed by atoms with E-state index in [1.807, 2.05) is 51.0 Å². The first-order valence-electron chi connectivity index (χ1n) is 13.3. The highest BCUT2D eigenvalue weighted by molar-refractivity contribution is 6.32. The summed E-state index contributed by atoms with van der Waals surface area (Å²) in [5, 5.41) is 17.2. The molecule has 9 nitrogen and oxygen atoms in total. The molecule has 0 radical (unpaired) electrons. The zero-order chi connectivity index (χ0) is 29.4. The van der Waals surface area contributed by atoms with E-state index in [-0.39, 0.29) is 5.91 Å². The predicted octanol–water partition coefficient (Wildman–Crippen LogP) is 6.46. The number of benzene rings is 2. The van der Waals surface area contributed by atoms with Gasteiger partial charge in [0.05, 0.1) is 39.8 Å². The summed E-state index contributed by atoms with van der Waals surface area (Å²) < 4.78 is 11.7. The number of nitriles is 1. The van der Waals surface area contributed by atoms with Gasteiger partial charge >= 0.3 is 0 Å². The van der Waals surface area contributed by atoms with Gasteiger partial charge in [0.1, 0.15) is 24.2 Å². The van der Waals surface area contributed by atoms with Crippen LogP contribution < -0.4 is 20.1 Å². The molecule has 2 aromatic heterocycles. The number of pyridine rings is 2. The fourth-order valence-corrected chi connectivity index (χ4v) is 4.47. The maximum absolute atomic E-state index is 12.7. The number of rotatable bonds is 12. The molecule has 4 rings (SSSR count). The van der Waals surface area contributed by atoms with E-state index in [0.29, 0.717) is 69.7 Å². The summed E-state index contributed by atoms with van der Waals surface area (Å²) in [5.41, 5.74) is 4.53. The maximum atomic E-state index is 12.7. The number of hydrogen-bond donors (Lipinski definition) is 2. The Labute approximate surface area is 245 Å². The smallest absolute Gasteiger partial charge is 0.224 e. The molecule has 0 spiro atoms. The number of carbonyl (C=O) groups excluding carboxylic acids is 1. The summed E-state index contributed by atoms with van der Waals surface area (Å²) in [6.45, 7) is 5.37. The van der Waals surface area contributed by atoms with Crippen LogP contribution in [0.1, 0.15) is 36.6 Å². The number of halogens is 1. The molecule has 0 aliphatic heterocycles. The van der Waals surface area contributed by atoms with Crippen LogP contribution in [0.2, 0.25) is 5.02 Å². The lowest BCUT2D eigenvalue weighted by Crippen LogP contribution is -2.17. The zero-order valence-electron chi connectivity index (χ0n) is 23.6. The molecule has 2 aromatic carbocycles. The molecule has 0 aliphatic carbocycles. The minimum Gasteiger partial charge on any atom is -0.492 e. The van der Waals surface area contributed by atoms with E-state index < -0.39 is 0 Å². The fourth-order valence-electron chi connectivity index (χ4n) is 4.24. The summed E-state index contributed by atoms with van der Waals surface area (Å²) in [7, 11) is 3.94. The molecule has 0 atom stereocenters. The average molecular weight is 573 g/mol. The molecule has 0 saturated carbocycles. The van der Waals surface area contributed by atoms with Crippen LogP contribution in [0.15, 0.2) is 54.9 Å². The standard InChI is InChI=1S/C31H33ClN6O3/c1-5-40-29-16-25-23(15-26(29)37-30(39)9-7-13-38(3)4)31(21(17-33)18-35-25)36-22-10-11-28(24(32)14-22)41-19-27-20(2)8-6-12-34-27/h6,8,10-12,14-16,18H,5,7,9,13,19H2,1-4H3,(H,35,36)(H,37,39). The number of amides is 1. The van der Waals surface area contributed by atoms with Crippen LogP contribution in [0.25, 0.3) is 10.9 Å². The van der Waals surface area contributed by atoms with Crippen LogP contribution in [0.3, 0.4) is 0 Å². The highest BCUT2D eigenvalue weighted by atomic mass is 35.5. The van der Waals surface area contributed by atoms with Gasteiger partial charge < -0.3 is 25.0 Å². The topological polar surface area (TPSA) is 112 Å². The number of fused-ring (bicyclic) bond motifs is 1. The van der Waals surface area contributed by atoms with Crippen LogP contribution in [0.4, 0.5) is 17.1 Å². The molecular weight excluding hydrogens is 540 g/mol. The molecule has 0 fully saturated rings. The molecule has 1 amide bonds. The molecule has 2 N–H and O–H groups in total. The first-order chi connectivity index (χ1) is 19.8. The maximum Gasteiger partial charge on any atom is 0.224 e. The highest BCUT2D eigenvalue weighted by Crippen LogP contribution is 2.37. The van der Waals surface area contributed by atoms with Crippen LogP contribution in [0, 0.1) is 18.3 Å². The SMILES string of the molecule is CCOc1cc2ncc(C#N)c(Nc3ccc(OCc4ncccc4C)c(Cl)c3)c2cc1NC(=O)CCCN(C)C. The minimum absolute atomic E-state index is 0.116. The molecule has 0 aliphatic rings. The molecule has 0 unspecified atom stereocenters. The molecule has 2 heterocycles. The normalized spacial score (nSPS) is 10.9. The number of carbonyl (C=O) groups is 1. The number of anilines is 3. The predicted molar refractivity (Wildman–Crippen MR) is 162 cm³/mol. The van der Waals surface area contributed by atoms with Gasteiger partial charge in [-0.1, -0.05) is 17.7 Å². The molecule has 10 heteroatoms. The Kier molecular flexibility index (Phi) is 9.95. The van der Waals surface area contributed by atoms with Crippen molar-refractivity contribution in [3.63, 3.8) is 0 Å². The Bertz CT molecular complexity index is 1580.